The van der Waals surface area contributed by atoms with Gasteiger partial charge >= 0.3 is 6.36 Å². The Morgan fingerprint density at radius 1 is 1.00 bits per heavy atom. The SMILES string of the molecule is CCCN=S(=O)(NCC(O)CN1c2ccccc2CCc2ccccc21)c1ccc(OC(F)(F)F)cc1. The van der Waals surface area contributed by atoms with Gasteiger partial charge in [0.25, 0.3) is 0 Å². The summed E-state index contributed by atoms with van der Waals surface area (Å²) in [6.07, 6.45) is -3.32. The number of rotatable bonds is 9. The van der Waals surface area contributed by atoms with Crippen LogP contribution in [0.2, 0.25) is 0 Å². The monoisotopic (exact) mass is 533 g/mol. The van der Waals surface area contributed by atoms with Gasteiger partial charge in [-0.1, -0.05) is 43.3 Å². The van der Waals surface area contributed by atoms with Gasteiger partial charge in [-0.25, -0.2) is 13.3 Å². The van der Waals surface area contributed by atoms with Crippen molar-refractivity contribution in [3.8, 4) is 5.75 Å². The molecule has 3 aromatic carbocycles. The van der Waals surface area contributed by atoms with E-state index in [4.69, 9.17) is 0 Å². The first-order valence-corrected chi connectivity index (χ1v) is 13.6. The Hall–Kier alpha value is -3.08. The molecule has 0 amide bonds. The fraction of sp³-hybridized carbons (Fsp3) is 0.333. The van der Waals surface area contributed by atoms with Crippen LogP contribution in [0.5, 0.6) is 5.75 Å². The Labute approximate surface area is 215 Å². The highest BCUT2D eigenvalue weighted by Crippen LogP contribution is 2.36. The van der Waals surface area contributed by atoms with E-state index in [0.29, 0.717) is 6.42 Å². The minimum absolute atomic E-state index is 0.0340. The summed E-state index contributed by atoms with van der Waals surface area (Å²) in [6.45, 7) is 2.39. The Bertz CT molecular complexity index is 1270. The molecule has 1 heterocycles. The lowest BCUT2D eigenvalue weighted by Gasteiger charge is -2.29. The van der Waals surface area contributed by atoms with E-state index in [1.54, 1.807) is 0 Å². The van der Waals surface area contributed by atoms with Crippen LogP contribution in [0.1, 0.15) is 24.5 Å². The third-order valence-electron chi connectivity index (χ3n) is 6.01. The third-order valence-corrected chi connectivity index (χ3v) is 8.03. The molecule has 3 aromatic rings. The summed E-state index contributed by atoms with van der Waals surface area (Å²) in [7, 11) is -3.19. The molecule has 1 aliphatic rings. The molecule has 0 saturated carbocycles. The second kappa shape index (κ2) is 11.5. The zero-order valence-corrected chi connectivity index (χ0v) is 21.3. The van der Waals surface area contributed by atoms with Crippen LogP contribution in [0, 0.1) is 0 Å². The van der Waals surface area contributed by atoms with Gasteiger partial charge in [0.2, 0.25) is 0 Å². The average Bonchev–Trinajstić information content (AvgIpc) is 3.03. The van der Waals surface area contributed by atoms with E-state index >= 15 is 0 Å². The van der Waals surface area contributed by atoms with Crippen LogP contribution in [0.25, 0.3) is 0 Å². The lowest BCUT2D eigenvalue weighted by molar-refractivity contribution is -0.274. The molecule has 10 heteroatoms. The Morgan fingerprint density at radius 2 is 1.57 bits per heavy atom. The molecule has 4 rings (SSSR count). The van der Waals surface area contributed by atoms with Crippen molar-refractivity contribution in [2.24, 2.45) is 4.36 Å². The molecule has 0 spiro atoms. The summed E-state index contributed by atoms with van der Waals surface area (Å²) in [6, 6.07) is 21.0. The Kier molecular flexibility index (Phi) is 8.41. The number of β-amino-alcohol motifs (C(OH)–C–C–N with tert-alkyl or cyclic N) is 1. The lowest BCUT2D eigenvalue weighted by Crippen LogP contribution is -2.39. The molecule has 0 aromatic heterocycles. The zero-order chi connectivity index (χ0) is 26.5. The maximum Gasteiger partial charge on any atom is 0.573 e. The molecule has 1 aliphatic heterocycles. The summed E-state index contributed by atoms with van der Waals surface area (Å²) in [5.41, 5.74) is 4.40. The number of aliphatic hydroxyl groups excluding tert-OH is 1. The van der Waals surface area contributed by atoms with Gasteiger partial charge in [0.15, 0.2) is 0 Å². The predicted molar refractivity (Wildman–Crippen MR) is 138 cm³/mol. The first-order valence-electron chi connectivity index (χ1n) is 12.1. The van der Waals surface area contributed by atoms with E-state index in [-0.39, 0.29) is 24.5 Å². The first-order chi connectivity index (χ1) is 17.7. The average molecular weight is 534 g/mol. The zero-order valence-electron chi connectivity index (χ0n) is 20.4. The number of aliphatic hydroxyl groups is 1. The molecule has 198 valence electrons. The van der Waals surface area contributed by atoms with Gasteiger partial charge < -0.3 is 14.7 Å². The molecule has 0 saturated heterocycles. The van der Waals surface area contributed by atoms with Crippen molar-refractivity contribution in [2.75, 3.05) is 24.5 Å². The molecule has 0 bridgehead atoms. The van der Waals surface area contributed by atoms with Gasteiger partial charge in [-0.2, -0.15) is 0 Å². The highest BCUT2D eigenvalue weighted by Gasteiger charge is 2.31. The van der Waals surface area contributed by atoms with E-state index < -0.39 is 28.1 Å². The summed E-state index contributed by atoms with van der Waals surface area (Å²) >= 11 is 0. The molecular formula is C27H30F3N3O3S. The quantitative estimate of drug-likeness (QED) is 0.374. The molecule has 0 aliphatic carbocycles. The topological polar surface area (TPSA) is 74.2 Å². The normalized spacial score (nSPS) is 15.6. The number of fused-ring (bicyclic) bond motifs is 2. The minimum Gasteiger partial charge on any atom is -0.406 e. The lowest BCUT2D eigenvalue weighted by atomic mass is 10.0. The number of ether oxygens (including phenoxy) is 1. The number of halogens is 3. The molecule has 37 heavy (non-hydrogen) atoms. The van der Waals surface area contributed by atoms with Crippen LogP contribution in [0.4, 0.5) is 24.5 Å². The highest BCUT2D eigenvalue weighted by atomic mass is 32.2. The van der Waals surface area contributed by atoms with Crippen molar-refractivity contribution < 1.29 is 27.2 Å². The summed E-state index contributed by atoms with van der Waals surface area (Å²) < 4.78 is 62.4. The van der Waals surface area contributed by atoms with Crippen molar-refractivity contribution >= 4 is 21.3 Å². The molecular weight excluding hydrogens is 503 g/mol. The number of anilines is 2. The van der Waals surface area contributed by atoms with Gasteiger partial charge in [0.05, 0.1) is 17.5 Å². The number of aryl methyl sites for hydroxylation is 2. The number of para-hydroxylation sites is 2. The van der Waals surface area contributed by atoms with E-state index in [2.05, 4.69) is 30.9 Å². The van der Waals surface area contributed by atoms with Crippen LogP contribution in [0.3, 0.4) is 0 Å². The predicted octanol–water partition coefficient (Wildman–Crippen LogP) is 5.62. The third kappa shape index (κ3) is 6.82. The van der Waals surface area contributed by atoms with Gasteiger partial charge in [0.1, 0.15) is 15.7 Å². The minimum atomic E-state index is -4.82. The number of hydrogen-bond acceptors (Lipinski definition) is 5. The number of nitrogens with one attached hydrogen (secondary N) is 1. The van der Waals surface area contributed by atoms with Crippen molar-refractivity contribution in [3.05, 3.63) is 83.9 Å². The number of hydrogen-bond donors (Lipinski definition) is 2. The summed E-state index contributed by atoms with van der Waals surface area (Å²) in [4.78, 5) is 2.30. The smallest absolute Gasteiger partial charge is 0.406 e. The second-order valence-electron chi connectivity index (χ2n) is 8.77. The van der Waals surface area contributed by atoms with Crippen molar-refractivity contribution in [1.82, 2.24) is 4.72 Å². The van der Waals surface area contributed by atoms with Gasteiger partial charge in [-0.15, -0.1) is 13.2 Å². The van der Waals surface area contributed by atoms with E-state index in [0.717, 1.165) is 36.3 Å². The molecule has 2 atom stereocenters. The second-order valence-corrected chi connectivity index (χ2v) is 10.8. The Morgan fingerprint density at radius 3 is 2.11 bits per heavy atom. The largest absolute Gasteiger partial charge is 0.573 e. The highest BCUT2D eigenvalue weighted by molar-refractivity contribution is 7.91. The molecule has 2 N–H and O–H groups in total. The van der Waals surface area contributed by atoms with Crippen LogP contribution in [-0.2, 0) is 22.8 Å². The van der Waals surface area contributed by atoms with Gasteiger partial charge in [-0.05, 0) is 66.8 Å². The van der Waals surface area contributed by atoms with Gasteiger partial charge in [-0.3, -0.25) is 0 Å². The van der Waals surface area contributed by atoms with Gasteiger partial charge in [0, 0.05) is 24.5 Å². The van der Waals surface area contributed by atoms with Crippen molar-refractivity contribution in [2.45, 2.75) is 43.5 Å². The maximum absolute atomic E-state index is 13.7. The molecule has 2 unspecified atom stereocenters. The van der Waals surface area contributed by atoms with Crippen LogP contribution < -0.4 is 14.4 Å². The number of alkyl halides is 3. The first kappa shape index (κ1) is 27.0. The fourth-order valence-electron chi connectivity index (χ4n) is 4.30. The number of benzene rings is 3. The van der Waals surface area contributed by atoms with Crippen LogP contribution in [-0.4, -0.2) is 41.4 Å². The maximum atomic E-state index is 13.7. The molecule has 0 radical (unpaired) electrons. The Balaban J connectivity index is 1.53. The van der Waals surface area contributed by atoms with Crippen LogP contribution >= 0.6 is 0 Å². The van der Waals surface area contributed by atoms with E-state index in [1.165, 1.54) is 23.3 Å². The van der Waals surface area contributed by atoms with Crippen molar-refractivity contribution in [1.29, 1.82) is 0 Å². The van der Waals surface area contributed by atoms with Crippen molar-refractivity contribution in [3.63, 3.8) is 0 Å². The number of nitrogens with zero attached hydrogens (tertiary/aromatic N) is 2. The van der Waals surface area contributed by atoms with E-state index in [9.17, 15) is 22.5 Å². The van der Waals surface area contributed by atoms with E-state index in [1.807, 2.05) is 43.3 Å². The fourth-order valence-corrected chi connectivity index (χ4v) is 6.07. The molecule has 6 nitrogen and oxygen atoms in total. The van der Waals surface area contributed by atoms with Crippen LogP contribution in [0.15, 0.2) is 82.1 Å². The molecule has 0 fully saturated rings. The standard InChI is InChI=1S/C27H30F3N3O3S/c1-2-17-31-37(35,24-15-13-23(14-16-24)36-27(28,29)30)32-18-22(34)19-33-25-9-5-3-7-20(25)11-12-21-8-4-6-10-26(21)33/h3-10,13-16,22,34H,2,11-12,17-19H2,1H3,(H,31,32,35). The summed E-state index contributed by atoms with van der Waals surface area (Å²) in [5.74, 6) is -0.410. The summed E-state index contributed by atoms with van der Waals surface area (Å²) in [5, 5.41) is 11.0.